The quantitative estimate of drug-likeness (QED) is 0.666. The van der Waals surface area contributed by atoms with E-state index in [1.807, 2.05) is 0 Å². The van der Waals surface area contributed by atoms with E-state index in [9.17, 15) is 4.79 Å². The standard InChI is InChI=1S/C11H19NO3/c13-11(14)10(12-8-4-5-8)6-7-15-9-2-1-3-9/h8-10,12H,1-7H2,(H,13,14). The summed E-state index contributed by atoms with van der Waals surface area (Å²) in [5.74, 6) is -0.751. The zero-order valence-electron chi connectivity index (χ0n) is 8.95. The van der Waals surface area contributed by atoms with Crippen LogP contribution < -0.4 is 5.32 Å². The van der Waals surface area contributed by atoms with Gasteiger partial charge in [-0.15, -0.1) is 0 Å². The van der Waals surface area contributed by atoms with Gasteiger partial charge in [0.25, 0.3) is 0 Å². The van der Waals surface area contributed by atoms with E-state index < -0.39 is 12.0 Å². The van der Waals surface area contributed by atoms with Gasteiger partial charge in [-0.2, -0.15) is 0 Å². The summed E-state index contributed by atoms with van der Waals surface area (Å²) in [7, 11) is 0. The van der Waals surface area contributed by atoms with Gasteiger partial charge in [-0.25, -0.2) is 0 Å². The molecule has 0 aromatic heterocycles. The highest BCUT2D eigenvalue weighted by Crippen LogP contribution is 2.23. The maximum atomic E-state index is 10.9. The van der Waals surface area contributed by atoms with E-state index in [0.29, 0.717) is 25.2 Å². The first kappa shape index (κ1) is 10.9. The monoisotopic (exact) mass is 213 g/mol. The lowest BCUT2D eigenvalue weighted by molar-refractivity contribution is -0.140. The van der Waals surface area contributed by atoms with Crippen LogP contribution in [0.2, 0.25) is 0 Å². The molecule has 1 unspecified atom stereocenters. The molecule has 4 nitrogen and oxygen atoms in total. The molecule has 0 aromatic rings. The molecule has 0 bridgehead atoms. The van der Waals surface area contributed by atoms with Crippen LogP contribution in [0.15, 0.2) is 0 Å². The van der Waals surface area contributed by atoms with Gasteiger partial charge in [-0.05, 0) is 38.5 Å². The van der Waals surface area contributed by atoms with Gasteiger partial charge in [0.15, 0.2) is 0 Å². The minimum atomic E-state index is -0.751. The molecule has 2 saturated carbocycles. The molecule has 1 atom stereocenters. The fourth-order valence-corrected chi connectivity index (χ4v) is 1.70. The molecule has 2 aliphatic rings. The van der Waals surface area contributed by atoms with Crippen LogP contribution in [0.4, 0.5) is 0 Å². The van der Waals surface area contributed by atoms with Crippen molar-refractivity contribution in [3.8, 4) is 0 Å². The number of carbonyl (C=O) groups is 1. The molecule has 86 valence electrons. The fraction of sp³-hybridized carbons (Fsp3) is 0.909. The van der Waals surface area contributed by atoms with Gasteiger partial charge in [0.2, 0.25) is 0 Å². The smallest absolute Gasteiger partial charge is 0.320 e. The molecule has 0 amide bonds. The SMILES string of the molecule is O=C(O)C(CCOC1CCC1)NC1CC1. The molecular weight excluding hydrogens is 194 g/mol. The first-order chi connectivity index (χ1) is 7.25. The number of carboxylic acids is 1. The van der Waals surface area contributed by atoms with Crippen LogP contribution in [0.5, 0.6) is 0 Å². The zero-order chi connectivity index (χ0) is 10.7. The van der Waals surface area contributed by atoms with Crippen molar-refractivity contribution in [1.82, 2.24) is 5.32 Å². The topological polar surface area (TPSA) is 58.6 Å². The molecule has 0 radical (unpaired) electrons. The average Bonchev–Trinajstić information content (AvgIpc) is 2.90. The summed E-state index contributed by atoms with van der Waals surface area (Å²) in [6.07, 6.45) is 6.78. The van der Waals surface area contributed by atoms with Crippen molar-refractivity contribution >= 4 is 5.97 Å². The number of carboxylic acid groups (broad SMARTS) is 1. The van der Waals surface area contributed by atoms with Crippen LogP contribution >= 0.6 is 0 Å². The Labute approximate surface area is 90.0 Å². The summed E-state index contributed by atoms with van der Waals surface area (Å²) < 4.78 is 5.56. The lowest BCUT2D eigenvalue weighted by atomic mass is 9.96. The molecule has 2 aliphatic carbocycles. The first-order valence-corrected chi connectivity index (χ1v) is 5.86. The normalized spacial score (nSPS) is 23.5. The number of ether oxygens (including phenoxy) is 1. The third-order valence-corrected chi connectivity index (χ3v) is 3.12. The largest absolute Gasteiger partial charge is 0.480 e. The predicted molar refractivity (Wildman–Crippen MR) is 55.8 cm³/mol. The van der Waals surface area contributed by atoms with Crippen LogP contribution in [0.3, 0.4) is 0 Å². The van der Waals surface area contributed by atoms with Crippen molar-refractivity contribution in [1.29, 1.82) is 0 Å². The van der Waals surface area contributed by atoms with Crippen LogP contribution in [-0.2, 0) is 9.53 Å². The Morgan fingerprint density at radius 3 is 2.60 bits per heavy atom. The van der Waals surface area contributed by atoms with Gasteiger partial charge in [0.05, 0.1) is 6.10 Å². The molecule has 2 rings (SSSR count). The summed E-state index contributed by atoms with van der Waals surface area (Å²) in [6.45, 7) is 0.571. The highest BCUT2D eigenvalue weighted by atomic mass is 16.5. The predicted octanol–water partition coefficient (Wildman–Crippen LogP) is 1.15. The number of nitrogens with one attached hydrogen (secondary N) is 1. The minimum absolute atomic E-state index is 0.403. The van der Waals surface area contributed by atoms with Gasteiger partial charge in [0.1, 0.15) is 6.04 Å². The summed E-state index contributed by atoms with van der Waals surface area (Å²) in [6, 6.07) is 0.0207. The zero-order valence-corrected chi connectivity index (χ0v) is 8.95. The van der Waals surface area contributed by atoms with Crippen molar-refractivity contribution in [3.05, 3.63) is 0 Å². The Hall–Kier alpha value is -0.610. The first-order valence-electron chi connectivity index (χ1n) is 5.86. The van der Waals surface area contributed by atoms with Gasteiger partial charge in [0, 0.05) is 12.6 Å². The lowest BCUT2D eigenvalue weighted by Gasteiger charge is -2.26. The van der Waals surface area contributed by atoms with Crippen molar-refractivity contribution in [2.45, 2.75) is 56.7 Å². The van der Waals surface area contributed by atoms with Crippen molar-refractivity contribution in [3.63, 3.8) is 0 Å². The second kappa shape index (κ2) is 4.94. The van der Waals surface area contributed by atoms with E-state index in [-0.39, 0.29) is 0 Å². The van der Waals surface area contributed by atoms with Crippen molar-refractivity contribution in [2.24, 2.45) is 0 Å². The van der Waals surface area contributed by atoms with Gasteiger partial charge in [-0.1, -0.05) is 0 Å². The molecule has 0 aromatic carbocycles. The molecule has 0 spiro atoms. The summed E-state index contributed by atoms with van der Waals surface area (Å²) in [5, 5.41) is 12.1. The molecule has 2 fully saturated rings. The summed E-state index contributed by atoms with van der Waals surface area (Å²) in [5.41, 5.74) is 0. The Balaban J connectivity index is 1.61. The maximum Gasteiger partial charge on any atom is 0.320 e. The number of aliphatic carboxylic acids is 1. The molecule has 15 heavy (non-hydrogen) atoms. The third-order valence-electron chi connectivity index (χ3n) is 3.12. The van der Waals surface area contributed by atoms with Gasteiger partial charge >= 0.3 is 5.97 Å². The van der Waals surface area contributed by atoms with Gasteiger partial charge in [-0.3, -0.25) is 4.79 Å². The molecule has 0 aliphatic heterocycles. The average molecular weight is 213 g/mol. The number of hydrogen-bond acceptors (Lipinski definition) is 3. The van der Waals surface area contributed by atoms with Crippen molar-refractivity contribution in [2.75, 3.05) is 6.61 Å². The molecule has 0 saturated heterocycles. The Kier molecular flexibility index (Phi) is 3.59. The van der Waals surface area contributed by atoms with Crippen LogP contribution in [-0.4, -0.2) is 35.9 Å². The summed E-state index contributed by atoms with van der Waals surface area (Å²) >= 11 is 0. The fourth-order valence-electron chi connectivity index (χ4n) is 1.70. The van der Waals surface area contributed by atoms with E-state index in [4.69, 9.17) is 9.84 Å². The highest BCUT2D eigenvalue weighted by Gasteiger charge is 2.28. The minimum Gasteiger partial charge on any atom is -0.480 e. The lowest BCUT2D eigenvalue weighted by Crippen LogP contribution is -2.39. The van der Waals surface area contributed by atoms with E-state index in [0.717, 1.165) is 25.7 Å². The molecule has 0 heterocycles. The van der Waals surface area contributed by atoms with E-state index >= 15 is 0 Å². The van der Waals surface area contributed by atoms with Gasteiger partial charge < -0.3 is 15.2 Å². The van der Waals surface area contributed by atoms with E-state index in [2.05, 4.69) is 5.32 Å². The Bertz CT molecular complexity index is 224. The molecular formula is C11H19NO3. The highest BCUT2D eigenvalue weighted by molar-refractivity contribution is 5.73. The second-order valence-corrected chi connectivity index (χ2v) is 4.54. The Morgan fingerprint density at radius 1 is 1.40 bits per heavy atom. The summed E-state index contributed by atoms with van der Waals surface area (Å²) in [4.78, 5) is 10.9. The van der Waals surface area contributed by atoms with E-state index in [1.165, 1.54) is 6.42 Å². The van der Waals surface area contributed by atoms with Crippen molar-refractivity contribution < 1.29 is 14.6 Å². The third kappa shape index (κ3) is 3.47. The maximum absolute atomic E-state index is 10.9. The number of hydrogen-bond donors (Lipinski definition) is 2. The molecule has 2 N–H and O–H groups in total. The van der Waals surface area contributed by atoms with E-state index in [1.54, 1.807) is 0 Å². The number of rotatable bonds is 7. The van der Waals surface area contributed by atoms with Crippen LogP contribution in [0.25, 0.3) is 0 Å². The van der Waals surface area contributed by atoms with Crippen LogP contribution in [0, 0.1) is 0 Å². The second-order valence-electron chi connectivity index (χ2n) is 4.54. The Morgan fingerprint density at radius 2 is 2.13 bits per heavy atom. The molecule has 4 heteroatoms. The van der Waals surface area contributed by atoms with Crippen LogP contribution in [0.1, 0.15) is 38.5 Å².